The molecule has 3 saturated carbocycles. The minimum atomic E-state index is -0.0382. The molecule has 3 fully saturated rings. The summed E-state index contributed by atoms with van der Waals surface area (Å²) >= 11 is 0. The van der Waals surface area contributed by atoms with E-state index in [0.717, 1.165) is 0 Å². The third kappa shape index (κ3) is 5.87. The topological polar surface area (TPSA) is 3.24 Å². The van der Waals surface area contributed by atoms with E-state index in [4.69, 9.17) is 0 Å². The van der Waals surface area contributed by atoms with Gasteiger partial charge in [0.25, 0.3) is 0 Å². The summed E-state index contributed by atoms with van der Waals surface area (Å²) in [7, 11) is 0. The van der Waals surface area contributed by atoms with Gasteiger partial charge in [-0.1, -0.05) is 156 Å². The highest BCUT2D eigenvalue weighted by Gasteiger charge is 2.36. The van der Waals surface area contributed by atoms with Crippen LogP contribution in [-0.4, -0.2) is 0 Å². The number of anilines is 3. The molecule has 0 radical (unpaired) electrons. The van der Waals surface area contributed by atoms with Crippen LogP contribution < -0.4 is 4.90 Å². The molecule has 0 aromatic heterocycles. The summed E-state index contributed by atoms with van der Waals surface area (Å²) in [4.78, 5) is 2.69. The summed E-state index contributed by atoms with van der Waals surface area (Å²) < 4.78 is 0. The van der Waals surface area contributed by atoms with E-state index < -0.39 is 0 Å². The number of benzene rings is 7. The second-order valence-corrected chi connectivity index (χ2v) is 18.5. The lowest BCUT2D eigenvalue weighted by atomic mass is 9.82. The van der Waals surface area contributed by atoms with Gasteiger partial charge in [-0.25, -0.2) is 0 Å². The zero-order valence-electron chi connectivity index (χ0n) is 33.9. The Kier molecular flexibility index (Phi) is 8.64. The highest BCUT2D eigenvalue weighted by molar-refractivity contribution is 6.07. The van der Waals surface area contributed by atoms with Crippen LogP contribution in [-0.2, 0) is 5.41 Å². The highest BCUT2D eigenvalue weighted by atomic mass is 15.1. The van der Waals surface area contributed by atoms with Crippen molar-refractivity contribution in [1.29, 1.82) is 0 Å². The first kappa shape index (κ1) is 35.1. The van der Waals surface area contributed by atoms with Crippen LogP contribution in [0.15, 0.2) is 133 Å². The molecular weight excluding hydrogens is 687 g/mol. The van der Waals surface area contributed by atoms with Crippen LogP contribution in [0.1, 0.15) is 136 Å². The predicted molar refractivity (Wildman–Crippen MR) is 243 cm³/mol. The van der Waals surface area contributed by atoms with Crippen molar-refractivity contribution in [3.8, 4) is 22.3 Å². The van der Waals surface area contributed by atoms with Crippen molar-refractivity contribution in [2.75, 3.05) is 4.90 Å². The van der Waals surface area contributed by atoms with Gasteiger partial charge in [0.2, 0.25) is 0 Å². The second-order valence-electron chi connectivity index (χ2n) is 18.5. The van der Waals surface area contributed by atoms with Gasteiger partial charge in [0.1, 0.15) is 0 Å². The average molecular weight is 742 g/mol. The zero-order chi connectivity index (χ0) is 38.1. The first-order valence-corrected chi connectivity index (χ1v) is 22.3. The lowest BCUT2D eigenvalue weighted by Gasteiger charge is -2.33. The van der Waals surface area contributed by atoms with Crippen molar-refractivity contribution >= 4 is 38.6 Å². The summed E-state index contributed by atoms with van der Waals surface area (Å²) in [5.74, 6) is 1.92. The number of rotatable bonds is 7. The maximum Gasteiger partial charge on any atom is 0.0546 e. The molecule has 4 aliphatic rings. The fourth-order valence-electron chi connectivity index (χ4n) is 11.9. The van der Waals surface area contributed by atoms with E-state index >= 15 is 0 Å². The van der Waals surface area contributed by atoms with Gasteiger partial charge in [-0.05, 0) is 153 Å². The van der Waals surface area contributed by atoms with Gasteiger partial charge in [0.05, 0.1) is 5.69 Å². The third-order valence-electron chi connectivity index (χ3n) is 14.9. The molecule has 0 atom stereocenters. The molecule has 1 heteroatoms. The van der Waals surface area contributed by atoms with Crippen molar-refractivity contribution < 1.29 is 0 Å². The fourth-order valence-corrected chi connectivity index (χ4v) is 11.9. The standard InChI is InChI=1S/C56H55N/c1-56(2)51-25-12-11-23-47(51)50-36-44(30-31-52(50)56)57(53-32-29-42(37-14-3-4-15-37)34-49(53)39-18-7-8-19-39)54-33-28-40-20-9-10-22-46(40)55(54)43-27-26-41-21-13-24-45(48(41)35-43)38-16-5-6-17-38/h9-13,20-39H,3-8,14-19H2,1-2H3. The van der Waals surface area contributed by atoms with E-state index in [0.29, 0.717) is 17.8 Å². The SMILES string of the molecule is CC1(C)c2ccccc2-c2cc(N(c3ccc(C4CCCC4)cc3C3CCCC3)c3ccc4ccccc4c3-c3ccc4cccc(C5CCCC5)c4c3)ccc21. The van der Waals surface area contributed by atoms with Gasteiger partial charge >= 0.3 is 0 Å². The molecule has 0 unspecified atom stereocenters. The summed E-state index contributed by atoms with van der Waals surface area (Å²) in [6.45, 7) is 4.80. The van der Waals surface area contributed by atoms with Crippen LogP contribution in [0, 0.1) is 0 Å². The predicted octanol–water partition coefficient (Wildman–Crippen LogP) is 16.4. The number of hydrogen-bond acceptors (Lipinski definition) is 1. The molecule has 7 aromatic carbocycles. The van der Waals surface area contributed by atoms with Gasteiger partial charge in [-0.2, -0.15) is 0 Å². The molecule has 0 saturated heterocycles. The van der Waals surface area contributed by atoms with Crippen molar-refractivity contribution in [2.24, 2.45) is 0 Å². The van der Waals surface area contributed by atoms with Crippen LogP contribution in [0.3, 0.4) is 0 Å². The summed E-state index contributed by atoms with van der Waals surface area (Å²) in [5.41, 5.74) is 16.7. The molecule has 4 aliphatic carbocycles. The van der Waals surface area contributed by atoms with E-state index in [-0.39, 0.29) is 5.41 Å². The van der Waals surface area contributed by atoms with Crippen LogP contribution in [0.2, 0.25) is 0 Å². The monoisotopic (exact) mass is 741 g/mol. The van der Waals surface area contributed by atoms with Crippen LogP contribution in [0.25, 0.3) is 43.8 Å². The minimum absolute atomic E-state index is 0.0382. The van der Waals surface area contributed by atoms with Gasteiger partial charge in [0, 0.05) is 22.4 Å². The normalized spacial score (nSPS) is 18.1. The Balaban J connectivity index is 1.19. The van der Waals surface area contributed by atoms with Gasteiger partial charge in [-0.15, -0.1) is 0 Å². The van der Waals surface area contributed by atoms with E-state index in [1.54, 1.807) is 11.1 Å². The molecule has 1 nitrogen and oxygen atoms in total. The van der Waals surface area contributed by atoms with Gasteiger partial charge in [0.15, 0.2) is 0 Å². The van der Waals surface area contributed by atoms with Gasteiger partial charge in [-0.3, -0.25) is 0 Å². The second kappa shape index (κ2) is 14.1. The Morgan fingerprint density at radius 3 is 1.89 bits per heavy atom. The third-order valence-corrected chi connectivity index (χ3v) is 14.9. The van der Waals surface area contributed by atoms with Crippen molar-refractivity contribution in [3.63, 3.8) is 0 Å². The smallest absolute Gasteiger partial charge is 0.0546 e. The first-order valence-electron chi connectivity index (χ1n) is 22.3. The molecule has 7 aromatic rings. The van der Waals surface area contributed by atoms with E-state index in [1.165, 1.54) is 155 Å². The Morgan fingerprint density at radius 2 is 1.09 bits per heavy atom. The molecule has 0 amide bonds. The quantitative estimate of drug-likeness (QED) is 0.157. The van der Waals surface area contributed by atoms with E-state index in [1.807, 2.05) is 0 Å². The number of fused-ring (bicyclic) bond motifs is 5. The molecule has 0 spiro atoms. The van der Waals surface area contributed by atoms with Crippen LogP contribution >= 0.6 is 0 Å². The molecule has 0 heterocycles. The average Bonchev–Trinajstić information content (AvgIpc) is 4.10. The molecule has 284 valence electrons. The van der Waals surface area contributed by atoms with Crippen molar-refractivity contribution in [2.45, 2.75) is 114 Å². The molecule has 57 heavy (non-hydrogen) atoms. The number of nitrogens with zero attached hydrogens (tertiary/aromatic N) is 1. The van der Waals surface area contributed by atoms with E-state index in [2.05, 4.69) is 152 Å². The Labute approximate surface area is 339 Å². The van der Waals surface area contributed by atoms with Crippen molar-refractivity contribution in [3.05, 3.63) is 161 Å². The minimum Gasteiger partial charge on any atom is -0.310 e. The summed E-state index contributed by atoms with van der Waals surface area (Å²) in [5, 5.41) is 5.39. The van der Waals surface area contributed by atoms with Crippen LogP contribution in [0.5, 0.6) is 0 Å². The Hall–Kier alpha value is -5.14. The zero-order valence-corrected chi connectivity index (χ0v) is 33.9. The maximum atomic E-state index is 2.69. The highest BCUT2D eigenvalue weighted by Crippen LogP contribution is 2.54. The fraction of sp³-hybridized carbons (Fsp3) is 0.321. The lowest BCUT2D eigenvalue weighted by Crippen LogP contribution is -2.17. The van der Waals surface area contributed by atoms with Gasteiger partial charge < -0.3 is 4.90 Å². The van der Waals surface area contributed by atoms with E-state index in [9.17, 15) is 0 Å². The molecule has 0 aliphatic heterocycles. The Morgan fingerprint density at radius 1 is 0.456 bits per heavy atom. The van der Waals surface area contributed by atoms with Crippen LogP contribution in [0.4, 0.5) is 17.1 Å². The largest absolute Gasteiger partial charge is 0.310 e. The van der Waals surface area contributed by atoms with Crippen molar-refractivity contribution in [1.82, 2.24) is 0 Å². The first-order chi connectivity index (χ1) is 28.0. The lowest BCUT2D eigenvalue weighted by molar-refractivity contribution is 0.660. The molecular formula is C56H55N. The summed E-state index contributed by atoms with van der Waals surface area (Å²) in [6.07, 6.45) is 15.9. The molecule has 0 bridgehead atoms. The Bertz CT molecular complexity index is 2640. The molecule has 11 rings (SSSR count). The number of hydrogen-bond donors (Lipinski definition) is 0. The summed E-state index contributed by atoms with van der Waals surface area (Å²) in [6, 6.07) is 52.5. The molecule has 0 N–H and O–H groups in total. The maximum absolute atomic E-state index is 2.69.